The Morgan fingerprint density at radius 2 is 2.10 bits per heavy atom. The summed E-state index contributed by atoms with van der Waals surface area (Å²) in [6, 6.07) is 7.61. The number of rotatable bonds is 5. The molecule has 1 unspecified atom stereocenters. The van der Waals surface area contributed by atoms with Crippen molar-refractivity contribution in [3.8, 4) is 0 Å². The summed E-state index contributed by atoms with van der Waals surface area (Å²) in [4.78, 5) is 11.6. The zero-order valence-electron chi connectivity index (χ0n) is 12.3. The Bertz CT molecular complexity index is 539. The lowest BCUT2D eigenvalue weighted by atomic mass is 10.2. The van der Waals surface area contributed by atoms with Crippen LogP contribution >= 0.6 is 0 Å². The van der Waals surface area contributed by atoms with Crippen molar-refractivity contribution < 1.29 is 14.3 Å². The number of aromatic nitrogens is 2. The Morgan fingerprint density at radius 3 is 2.75 bits per heavy atom. The third kappa shape index (κ3) is 3.71. The monoisotopic (exact) mass is 279 g/mol. The van der Waals surface area contributed by atoms with E-state index in [0.717, 1.165) is 10.9 Å². The number of nitrogens with one attached hydrogen (secondary N) is 2. The van der Waals surface area contributed by atoms with Crippen LogP contribution in [0.25, 0.3) is 10.9 Å². The number of fused-ring (bicyclic) bond motifs is 1. The number of carbonyl (C=O) groups excluding carboxylic acids is 1. The van der Waals surface area contributed by atoms with Gasteiger partial charge in [0.2, 0.25) is 6.23 Å². The molecule has 6 heteroatoms. The maximum Gasteiger partial charge on any atom is 0.356 e. The van der Waals surface area contributed by atoms with Gasteiger partial charge >= 0.3 is 5.97 Å². The summed E-state index contributed by atoms with van der Waals surface area (Å²) >= 11 is 0. The number of esters is 1. The summed E-state index contributed by atoms with van der Waals surface area (Å²) in [7, 11) is 1.43. The van der Waals surface area contributed by atoms with Crippen LogP contribution in [0.4, 0.5) is 5.82 Å². The molecule has 1 aromatic carbocycles. The quantitative estimate of drug-likeness (QED) is 0.649. The van der Waals surface area contributed by atoms with E-state index in [1.807, 2.05) is 38.1 Å². The largest absolute Gasteiger partial charge is 0.463 e. The Balaban J connectivity index is 0.000000956. The fraction of sp³-hybridized carbons (Fsp3) is 0.429. The predicted molar refractivity (Wildman–Crippen MR) is 78.5 cm³/mol. The highest BCUT2D eigenvalue weighted by Gasteiger charge is 2.20. The molecular weight excluding hydrogens is 258 g/mol. The molecule has 0 fully saturated rings. The molecule has 0 aliphatic rings. The van der Waals surface area contributed by atoms with E-state index in [1.165, 1.54) is 7.11 Å². The minimum atomic E-state index is -0.864. The number of anilines is 1. The van der Waals surface area contributed by atoms with Crippen molar-refractivity contribution in [3.63, 3.8) is 0 Å². The van der Waals surface area contributed by atoms with Gasteiger partial charge in [0, 0.05) is 12.5 Å². The van der Waals surface area contributed by atoms with Gasteiger partial charge in [-0.2, -0.15) is 5.10 Å². The van der Waals surface area contributed by atoms with Gasteiger partial charge in [0.1, 0.15) is 0 Å². The summed E-state index contributed by atoms with van der Waals surface area (Å²) in [6.45, 7) is 6.05. The van der Waals surface area contributed by atoms with Crippen LogP contribution in [0.2, 0.25) is 0 Å². The van der Waals surface area contributed by atoms with Gasteiger partial charge in [-0.15, -0.1) is 0 Å². The molecule has 2 rings (SSSR count). The van der Waals surface area contributed by atoms with E-state index in [0.29, 0.717) is 12.4 Å². The van der Waals surface area contributed by atoms with Crippen molar-refractivity contribution in [1.82, 2.24) is 10.2 Å². The Hall–Kier alpha value is -2.08. The van der Waals surface area contributed by atoms with Crippen LogP contribution in [-0.4, -0.2) is 36.1 Å². The highest BCUT2D eigenvalue weighted by atomic mass is 16.6. The summed E-state index contributed by atoms with van der Waals surface area (Å²) in [5.41, 5.74) is 0.888. The zero-order valence-corrected chi connectivity index (χ0v) is 12.3. The number of aromatic amines is 1. The van der Waals surface area contributed by atoms with E-state index >= 15 is 0 Å². The maximum atomic E-state index is 11.6. The molecule has 20 heavy (non-hydrogen) atoms. The Kier molecular flexibility index (Phi) is 6.52. The van der Waals surface area contributed by atoms with Crippen molar-refractivity contribution >= 4 is 22.7 Å². The number of carbonyl (C=O) groups is 1. The van der Waals surface area contributed by atoms with Gasteiger partial charge in [-0.05, 0) is 19.1 Å². The van der Waals surface area contributed by atoms with Crippen molar-refractivity contribution in [2.75, 3.05) is 19.0 Å². The number of benzene rings is 1. The number of hydrogen-bond donors (Lipinski definition) is 2. The van der Waals surface area contributed by atoms with E-state index in [1.54, 1.807) is 6.92 Å². The number of hydrogen-bond acceptors (Lipinski definition) is 5. The molecule has 0 bridgehead atoms. The minimum Gasteiger partial charge on any atom is -0.463 e. The van der Waals surface area contributed by atoms with Crippen LogP contribution in [0.5, 0.6) is 0 Å². The number of nitrogens with zero attached hydrogens (tertiary/aromatic N) is 1. The second-order valence-electron chi connectivity index (χ2n) is 3.63. The SMILES string of the molecule is CC.CCOC(=O)C(Nc1n[nH]c2ccccc12)OC. The third-order valence-corrected chi connectivity index (χ3v) is 2.47. The number of ether oxygens (including phenoxy) is 2. The third-order valence-electron chi connectivity index (χ3n) is 2.47. The standard InChI is InChI=1S/C12H15N3O3.C2H6/c1-3-18-12(16)11(17-2)13-10-8-6-4-5-7-9(8)14-15-10;1-2/h4-7,11H,3H2,1-2H3,(H2,13,14,15);1-2H3. The summed E-state index contributed by atoms with van der Waals surface area (Å²) < 4.78 is 9.94. The highest BCUT2D eigenvalue weighted by Crippen LogP contribution is 2.20. The molecule has 0 saturated heterocycles. The summed E-state index contributed by atoms with van der Waals surface area (Å²) in [5, 5.41) is 10.8. The molecule has 0 aliphatic carbocycles. The molecule has 110 valence electrons. The van der Waals surface area contributed by atoms with Crippen molar-refractivity contribution in [2.24, 2.45) is 0 Å². The first-order valence-corrected chi connectivity index (χ1v) is 6.65. The van der Waals surface area contributed by atoms with Crippen LogP contribution in [0.15, 0.2) is 24.3 Å². The predicted octanol–water partition coefficient (Wildman–Crippen LogP) is 2.54. The molecule has 1 atom stereocenters. The normalized spacial score (nSPS) is 11.4. The molecular formula is C14H21N3O3. The number of H-pyrrole nitrogens is 1. The molecule has 6 nitrogen and oxygen atoms in total. The number of para-hydroxylation sites is 1. The van der Waals surface area contributed by atoms with Crippen LogP contribution in [-0.2, 0) is 14.3 Å². The molecule has 0 spiro atoms. The maximum absolute atomic E-state index is 11.6. The molecule has 0 radical (unpaired) electrons. The van der Waals surface area contributed by atoms with Crippen LogP contribution in [0, 0.1) is 0 Å². The summed E-state index contributed by atoms with van der Waals surface area (Å²) in [5.74, 6) is 0.0950. The molecule has 0 amide bonds. The minimum absolute atomic E-state index is 0.307. The van der Waals surface area contributed by atoms with E-state index in [9.17, 15) is 4.79 Å². The van der Waals surface area contributed by atoms with Crippen molar-refractivity contribution in [1.29, 1.82) is 0 Å². The fourth-order valence-corrected chi connectivity index (χ4v) is 1.63. The number of methoxy groups -OCH3 is 1. The van der Waals surface area contributed by atoms with Gasteiger partial charge in [-0.25, -0.2) is 4.79 Å². The van der Waals surface area contributed by atoms with E-state index in [4.69, 9.17) is 9.47 Å². The zero-order chi connectivity index (χ0) is 15.0. The highest BCUT2D eigenvalue weighted by molar-refractivity contribution is 5.91. The van der Waals surface area contributed by atoms with Gasteiger partial charge in [-0.3, -0.25) is 5.10 Å². The molecule has 1 heterocycles. The average Bonchev–Trinajstić information content (AvgIpc) is 2.90. The molecule has 1 aromatic heterocycles. The molecule has 2 N–H and O–H groups in total. The second-order valence-corrected chi connectivity index (χ2v) is 3.63. The average molecular weight is 279 g/mol. The van der Waals surface area contributed by atoms with E-state index < -0.39 is 12.2 Å². The second kappa shape index (κ2) is 8.16. The van der Waals surface area contributed by atoms with Gasteiger partial charge in [0.05, 0.1) is 12.1 Å². The fourth-order valence-electron chi connectivity index (χ4n) is 1.63. The van der Waals surface area contributed by atoms with Crippen molar-refractivity contribution in [2.45, 2.75) is 27.0 Å². The summed E-state index contributed by atoms with van der Waals surface area (Å²) in [6.07, 6.45) is -0.864. The Morgan fingerprint density at radius 1 is 1.40 bits per heavy atom. The van der Waals surface area contributed by atoms with Crippen molar-refractivity contribution in [3.05, 3.63) is 24.3 Å². The first-order valence-electron chi connectivity index (χ1n) is 6.65. The first kappa shape index (κ1) is 16.0. The van der Waals surface area contributed by atoms with Gasteiger partial charge in [-0.1, -0.05) is 26.0 Å². The lowest BCUT2D eigenvalue weighted by Gasteiger charge is -2.14. The first-order chi connectivity index (χ1) is 9.76. The van der Waals surface area contributed by atoms with Crippen LogP contribution < -0.4 is 5.32 Å². The van der Waals surface area contributed by atoms with Gasteiger partial charge in [0.15, 0.2) is 5.82 Å². The molecule has 0 saturated carbocycles. The molecule has 2 aromatic rings. The van der Waals surface area contributed by atoms with Gasteiger partial charge < -0.3 is 14.8 Å². The smallest absolute Gasteiger partial charge is 0.356 e. The lowest BCUT2D eigenvalue weighted by molar-refractivity contribution is -0.153. The van der Waals surface area contributed by atoms with Gasteiger partial charge in [0.25, 0.3) is 0 Å². The van der Waals surface area contributed by atoms with Crippen LogP contribution in [0.1, 0.15) is 20.8 Å². The van der Waals surface area contributed by atoms with E-state index in [-0.39, 0.29) is 0 Å². The van der Waals surface area contributed by atoms with E-state index in [2.05, 4.69) is 15.5 Å². The Labute approximate surface area is 118 Å². The molecule has 0 aliphatic heterocycles. The lowest BCUT2D eigenvalue weighted by Crippen LogP contribution is -2.33. The topological polar surface area (TPSA) is 76.2 Å². The van der Waals surface area contributed by atoms with Crippen LogP contribution in [0.3, 0.4) is 0 Å².